The second-order valence-electron chi connectivity index (χ2n) is 9.69. The molecular formula is C27H33NO4. The van der Waals surface area contributed by atoms with Crippen molar-refractivity contribution in [2.24, 2.45) is 11.3 Å². The first kappa shape index (κ1) is 22.5. The molecule has 0 heterocycles. The molecule has 3 N–H and O–H groups in total. The summed E-state index contributed by atoms with van der Waals surface area (Å²) < 4.78 is 0. The van der Waals surface area contributed by atoms with Gasteiger partial charge in [-0.15, -0.1) is 0 Å². The van der Waals surface area contributed by atoms with Gasteiger partial charge < -0.3 is 15.5 Å². The van der Waals surface area contributed by atoms with E-state index in [1.54, 1.807) is 0 Å². The fourth-order valence-corrected chi connectivity index (χ4v) is 5.59. The summed E-state index contributed by atoms with van der Waals surface area (Å²) >= 11 is 0. The number of carboxylic acids is 1. The second kappa shape index (κ2) is 9.45. The van der Waals surface area contributed by atoms with Crippen LogP contribution in [0.2, 0.25) is 0 Å². The average Bonchev–Trinajstić information content (AvgIpc) is 3.42. The van der Waals surface area contributed by atoms with Crippen molar-refractivity contribution in [2.45, 2.75) is 63.3 Å². The minimum absolute atomic E-state index is 0.0981. The number of hydrogen-bond donors (Lipinski definition) is 3. The summed E-state index contributed by atoms with van der Waals surface area (Å²) in [6.07, 6.45) is 14.4. The van der Waals surface area contributed by atoms with E-state index in [0.29, 0.717) is 38.5 Å². The maximum absolute atomic E-state index is 13.6. The first-order chi connectivity index (χ1) is 15.5. The summed E-state index contributed by atoms with van der Waals surface area (Å²) in [5.74, 6) is -1.50. The first-order valence-corrected chi connectivity index (χ1v) is 11.7. The summed E-state index contributed by atoms with van der Waals surface area (Å²) in [5, 5.41) is 23.3. The molecule has 3 aliphatic carbocycles. The molecular weight excluding hydrogens is 402 g/mol. The number of allylic oxidation sites excluding steroid dienone is 4. The van der Waals surface area contributed by atoms with E-state index < -0.39 is 22.8 Å². The predicted molar refractivity (Wildman–Crippen MR) is 124 cm³/mol. The van der Waals surface area contributed by atoms with Crippen LogP contribution in [0.5, 0.6) is 0 Å². The zero-order valence-electron chi connectivity index (χ0n) is 18.6. The number of carbonyl (C=O) groups is 2. The Morgan fingerprint density at radius 2 is 1.84 bits per heavy atom. The number of carboxylic acid groups (broad SMARTS) is 1. The summed E-state index contributed by atoms with van der Waals surface area (Å²) in [6.45, 7) is -0.161. The molecule has 1 amide bonds. The van der Waals surface area contributed by atoms with Crippen LogP contribution in [0.15, 0.2) is 65.8 Å². The van der Waals surface area contributed by atoms with Crippen LogP contribution in [-0.4, -0.2) is 34.2 Å². The van der Waals surface area contributed by atoms with Crippen molar-refractivity contribution in [1.82, 2.24) is 5.32 Å². The molecule has 0 aliphatic heterocycles. The third kappa shape index (κ3) is 4.73. The van der Waals surface area contributed by atoms with Gasteiger partial charge in [0.05, 0.1) is 23.5 Å². The Morgan fingerprint density at radius 3 is 2.50 bits per heavy atom. The zero-order valence-corrected chi connectivity index (χ0v) is 18.6. The van der Waals surface area contributed by atoms with Gasteiger partial charge in [0.25, 0.3) is 0 Å². The maximum Gasteiger partial charge on any atom is 0.306 e. The molecule has 4 rings (SSSR count). The molecule has 32 heavy (non-hydrogen) atoms. The van der Waals surface area contributed by atoms with Gasteiger partial charge in [0.2, 0.25) is 5.91 Å². The number of hydrogen-bond acceptors (Lipinski definition) is 3. The van der Waals surface area contributed by atoms with E-state index in [1.165, 1.54) is 0 Å². The van der Waals surface area contributed by atoms with Crippen molar-refractivity contribution in [3.05, 3.63) is 71.3 Å². The SMILES string of the molecule is O=C(O)C(CCc1ccccc1)CC1(C(=O)NC2(CO)C=C3CC=CC=C3C2)CCCC1. The van der Waals surface area contributed by atoms with Gasteiger partial charge in [0, 0.05) is 6.42 Å². The van der Waals surface area contributed by atoms with E-state index in [9.17, 15) is 19.8 Å². The number of rotatable bonds is 9. The summed E-state index contributed by atoms with van der Waals surface area (Å²) in [4.78, 5) is 25.8. The first-order valence-electron chi connectivity index (χ1n) is 11.7. The van der Waals surface area contributed by atoms with Crippen LogP contribution in [0.4, 0.5) is 0 Å². The van der Waals surface area contributed by atoms with E-state index in [0.717, 1.165) is 36.0 Å². The van der Waals surface area contributed by atoms with Crippen LogP contribution in [0.1, 0.15) is 56.9 Å². The van der Waals surface area contributed by atoms with Gasteiger partial charge in [-0.1, -0.05) is 67.5 Å². The minimum Gasteiger partial charge on any atom is -0.481 e. The standard InChI is InChI=1S/C27H33NO4/c29-19-27(17-21-10-4-5-11-22(21)18-27)28-25(32)26(14-6-7-15-26)16-23(24(30)31)13-12-20-8-2-1-3-9-20/h1-5,8-10,18,23,29H,6-7,11-17,19H2,(H,28,32)(H,30,31). The lowest BCUT2D eigenvalue weighted by atomic mass is 9.74. The van der Waals surface area contributed by atoms with Crippen molar-refractivity contribution in [3.8, 4) is 0 Å². The van der Waals surface area contributed by atoms with E-state index in [2.05, 4.69) is 11.4 Å². The van der Waals surface area contributed by atoms with Gasteiger partial charge in [0.15, 0.2) is 0 Å². The van der Waals surface area contributed by atoms with Crippen LogP contribution < -0.4 is 5.32 Å². The van der Waals surface area contributed by atoms with Gasteiger partial charge in [0.1, 0.15) is 0 Å². The highest BCUT2D eigenvalue weighted by Gasteiger charge is 2.47. The van der Waals surface area contributed by atoms with E-state index in [-0.39, 0.29) is 12.5 Å². The number of nitrogens with one attached hydrogen (secondary N) is 1. The number of aryl methyl sites for hydroxylation is 1. The summed E-state index contributed by atoms with van der Waals surface area (Å²) in [6, 6.07) is 9.90. The molecule has 0 radical (unpaired) electrons. The van der Waals surface area contributed by atoms with Crippen molar-refractivity contribution in [2.75, 3.05) is 6.61 Å². The quantitative estimate of drug-likeness (QED) is 0.539. The zero-order chi connectivity index (χ0) is 22.6. The third-order valence-electron chi connectivity index (χ3n) is 7.44. The lowest BCUT2D eigenvalue weighted by Gasteiger charge is -2.35. The van der Waals surface area contributed by atoms with Crippen molar-refractivity contribution >= 4 is 11.9 Å². The van der Waals surface area contributed by atoms with Gasteiger partial charge in [-0.3, -0.25) is 9.59 Å². The molecule has 5 heteroatoms. The van der Waals surface area contributed by atoms with Crippen molar-refractivity contribution in [1.29, 1.82) is 0 Å². The minimum atomic E-state index is -0.831. The summed E-state index contributed by atoms with van der Waals surface area (Å²) in [7, 11) is 0. The Morgan fingerprint density at radius 1 is 1.09 bits per heavy atom. The van der Waals surface area contributed by atoms with E-state index in [4.69, 9.17) is 0 Å². The van der Waals surface area contributed by atoms with E-state index in [1.807, 2.05) is 48.6 Å². The predicted octanol–water partition coefficient (Wildman–Crippen LogP) is 4.33. The van der Waals surface area contributed by atoms with Crippen LogP contribution >= 0.6 is 0 Å². The van der Waals surface area contributed by atoms with Gasteiger partial charge in [-0.05, 0) is 55.2 Å². The molecule has 2 unspecified atom stereocenters. The summed E-state index contributed by atoms with van der Waals surface area (Å²) in [5.41, 5.74) is 1.97. The molecule has 0 spiro atoms. The molecule has 170 valence electrons. The Bertz CT molecular complexity index is 940. The fraction of sp³-hybridized carbons (Fsp3) is 0.481. The molecule has 1 aromatic carbocycles. The van der Waals surface area contributed by atoms with Gasteiger partial charge in [-0.25, -0.2) is 0 Å². The second-order valence-corrected chi connectivity index (χ2v) is 9.69. The fourth-order valence-electron chi connectivity index (χ4n) is 5.59. The number of aliphatic carboxylic acids is 1. The number of fused-ring (bicyclic) bond motifs is 1. The molecule has 5 nitrogen and oxygen atoms in total. The molecule has 0 aromatic heterocycles. The van der Waals surface area contributed by atoms with E-state index >= 15 is 0 Å². The molecule has 1 saturated carbocycles. The number of benzene rings is 1. The van der Waals surface area contributed by atoms with Crippen LogP contribution in [0, 0.1) is 11.3 Å². The molecule has 0 bridgehead atoms. The highest BCUT2D eigenvalue weighted by molar-refractivity contribution is 5.85. The number of amides is 1. The van der Waals surface area contributed by atoms with Crippen molar-refractivity contribution < 1.29 is 19.8 Å². The number of aliphatic hydroxyl groups is 1. The highest BCUT2D eigenvalue weighted by atomic mass is 16.4. The van der Waals surface area contributed by atoms with Crippen LogP contribution in [0.25, 0.3) is 0 Å². The third-order valence-corrected chi connectivity index (χ3v) is 7.44. The molecule has 1 fully saturated rings. The normalized spacial score (nSPS) is 24.4. The van der Waals surface area contributed by atoms with Crippen LogP contribution in [-0.2, 0) is 16.0 Å². The molecule has 2 atom stereocenters. The van der Waals surface area contributed by atoms with Gasteiger partial charge in [-0.2, -0.15) is 0 Å². The topological polar surface area (TPSA) is 86.6 Å². The lowest BCUT2D eigenvalue weighted by molar-refractivity contribution is -0.145. The monoisotopic (exact) mass is 435 g/mol. The average molecular weight is 436 g/mol. The van der Waals surface area contributed by atoms with Gasteiger partial charge >= 0.3 is 5.97 Å². The van der Waals surface area contributed by atoms with Crippen LogP contribution in [0.3, 0.4) is 0 Å². The smallest absolute Gasteiger partial charge is 0.306 e. The largest absolute Gasteiger partial charge is 0.481 e. The Hall–Kier alpha value is -2.66. The molecule has 3 aliphatic rings. The Balaban J connectivity index is 1.49. The number of carbonyl (C=O) groups excluding carboxylic acids is 1. The lowest BCUT2D eigenvalue weighted by Crippen LogP contribution is -2.54. The molecule has 1 aromatic rings. The maximum atomic E-state index is 13.6. The van der Waals surface area contributed by atoms with Crippen molar-refractivity contribution in [3.63, 3.8) is 0 Å². The number of aliphatic hydroxyl groups excluding tert-OH is 1. The highest BCUT2D eigenvalue weighted by Crippen LogP contribution is 2.46. The Kier molecular flexibility index (Phi) is 6.66. The Labute approximate surface area is 189 Å². The molecule has 0 saturated heterocycles.